The van der Waals surface area contributed by atoms with Gasteiger partial charge in [0.25, 0.3) is 0 Å². The van der Waals surface area contributed by atoms with E-state index in [9.17, 15) is 10.2 Å². The van der Waals surface area contributed by atoms with Crippen molar-refractivity contribution in [2.24, 2.45) is 5.92 Å². The lowest BCUT2D eigenvalue weighted by molar-refractivity contribution is 0.0498. The molecule has 1 aromatic rings. The molecule has 2 N–H and O–H groups in total. The highest BCUT2D eigenvalue weighted by atomic mass is 16.3. The number of hydrogen-bond donors (Lipinski definition) is 2. The summed E-state index contributed by atoms with van der Waals surface area (Å²) >= 11 is 0. The van der Waals surface area contributed by atoms with E-state index in [-0.39, 0.29) is 11.5 Å². The van der Waals surface area contributed by atoms with E-state index < -0.39 is 0 Å². The minimum Gasteiger partial charge on any atom is -0.504 e. The van der Waals surface area contributed by atoms with Crippen LogP contribution in [-0.2, 0) is 6.42 Å². The van der Waals surface area contributed by atoms with Gasteiger partial charge in [-0.15, -0.1) is 0 Å². The monoisotopic (exact) mass is 233 g/mol. The molecule has 3 heterocycles. The maximum atomic E-state index is 9.50. The fourth-order valence-electron chi connectivity index (χ4n) is 3.27. The zero-order valence-electron chi connectivity index (χ0n) is 9.97. The van der Waals surface area contributed by atoms with E-state index in [4.69, 9.17) is 0 Å². The Morgan fingerprint density at radius 3 is 2.47 bits per heavy atom. The molecule has 0 saturated carbocycles. The number of hydrogen-bond acceptors (Lipinski definition) is 3. The second-order valence-corrected chi connectivity index (χ2v) is 5.40. The van der Waals surface area contributed by atoms with Crippen LogP contribution in [0, 0.1) is 5.92 Å². The summed E-state index contributed by atoms with van der Waals surface area (Å²) in [4.78, 5) is 2.57. The quantitative estimate of drug-likeness (QED) is 0.769. The molecule has 3 fully saturated rings. The van der Waals surface area contributed by atoms with Crippen LogP contribution in [0.15, 0.2) is 18.2 Å². The summed E-state index contributed by atoms with van der Waals surface area (Å²) in [5.41, 5.74) is 1.12. The number of benzene rings is 1. The first-order chi connectivity index (χ1) is 8.22. The Morgan fingerprint density at radius 2 is 1.88 bits per heavy atom. The molecule has 2 bridgehead atoms. The molecule has 0 radical (unpaired) electrons. The van der Waals surface area contributed by atoms with Crippen LogP contribution in [0.25, 0.3) is 0 Å². The summed E-state index contributed by atoms with van der Waals surface area (Å²) in [6, 6.07) is 5.82. The molecular weight excluding hydrogens is 214 g/mol. The van der Waals surface area contributed by atoms with Crippen LogP contribution < -0.4 is 0 Å². The third-order valence-electron chi connectivity index (χ3n) is 4.28. The van der Waals surface area contributed by atoms with Gasteiger partial charge in [-0.25, -0.2) is 0 Å². The molecule has 0 aromatic heterocycles. The summed E-state index contributed by atoms with van der Waals surface area (Å²) in [5.74, 6) is 0.883. The van der Waals surface area contributed by atoms with E-state index in [0.717, 1.165) is 17.9 Å². The molecule has 3 heteroatoms. The van der Waals surface area contributed by atoms with Crippen LogP contribution in [0.3, 0.4) is 0 Å². The first-order valence-electron chi connectivity index (χ1n) is 6.47. The third-order valence-corrected chi connectivity index (χ3v) is 4.28. The van der Waals surface area contributed by atoms with Crippen molar-refractivity contribution in [2.45, 2.75) is 31.7 Å². The lowest BCUT2D eigenvalue weighted by Crippen LogP contribution is -2.49. The van der Waals surface area contributed by atoms with E-state index in [2.05, 4.69) is 4.90 Å². The maximum Gasteiger partial charge on any atom is 0.157 e. The number of fused-ring (bicyclic) bond motifs is 3. The Bertz CT molecular complexity index is 411. The van der Waals surface area contributed by atoms with Crippen molar-refractivity contribution in [2.75, 3.05) is 13.1 Å². The van der Waals surface area contributed by atoms with Crippen molar-refractivity contribution in [1.82, 2.24) is 4.90 Å². The molecule has 3 nitrogen and oxygen atoms in total. The molecule has 0 spiro atoms. The molecule has 3 aliphatic heterocycles. The molecule has 92 valence electrons. The van der Waals surface area contributed by atoms with Gasteiger partial charge in [-0.3, -0.25) is 0 Å². The fourth-order valence-corrected chi connectivity index (χ4v) is 3.27. The van der Waals surface area contributed by atoms with Crippen LogP contribution in [0.1, 0.15) is 24.8 Å². The molecule has 1 aromatic carbocycles. The van der Waals surface area contributed by atoms with E-state index in [0.29, 0.717) is 6.04 Å². The number of aromatic hydroxyl groups is 2. The summed E-state index contributed by atoms with van der Waals surface area (Å²) in [5, 5.41) is 18.8. The van der Waals surface area contributed by atoms with E-state index in [1.807, 2.05) is 6.07 Å². The average Bonchev–Trinajstić information content (AvgIpc) is 2.35. The largest absolute Gasteiger partial charge is 0.504 e. The average molecular weight is 233 g/mol. The van der Waals surface area contributed by atoms with Gasteiger partial charge in [0, 0.05) is 6.04 Å². The minimum atomic E-state index is -0.0285. The second-order valence-electron chi connectivity index (χ2n) is 5.40. The van der Waals surface area contributed by atoms with Gasteiger partial charge in [-0.05, 0) is 62.4 Å². The normalized spacial score (nSPS) is 31.6. The molecule has 0 aliphatic carbocycles. The molecule has 3 aliphatic rings. The van der Waals surface area contributed by atoms with Crippen molar-refractivity contribution in [3.63, 3.8) is 0 Å². The van der Waals surface area contributed by atoms with Crippen molar-refractivity contribution >= 4 is 0 Å². The zero-order valence-corrected chi connectivity index (χ0v) is 9.97. The van der Waals surface area contributed by atoms with Gasteiger partial charge in [-0.2, -0.15) is 0 Å². The number of nitrogens with zero attached hydrogens (tertiary/aromatic N) is 1. The molecule has 17 heavy (non-hydrogen) atoms. The highest BCUT2D eigenvalue weighted by molar-refractivity contribution is 5.40. The number of phenols is 2. The molecule has 0 amide bonds. The van der Waals surface area contributed by atoms with Crippen molar-refractivity contribution in [3.05, 3.63) is 23.8 Å². The number of phenolic OH excluding ortho intramolecular Hbond substituents is 2. The van der Waals surface area contributed by atoms with Crippen molar-refractivity contribution in [1.29, 1.82) is 0 Å². The predicted octanol–water partition coefficient (Wildman–Crippen LogP) is 2.12. The highest BCUT2D eigenvalue weighted by Gasteiger charge is 2.33. The topological polar surface area (TPSA) is 43.7 Å². The lowest BCUT2D eigenvalue weighted by Gasteiger charge is -2.45. The first-order valence-corrected chi connectivity index (χ1v) is 6.47. The Morgan fingerprint density at radius 1 is 1.12 bits per heavy atom. The van der Waals surface area contributed by atoms with Gasteiger partial charge in [0.05, 0.1) is 0 Å². The van der Waals surface area contributed by atoms with Crippen LogP contribution in [0.4, 0.5) is 0 Å². The third kappa shape index (κ3) is 2.12. The number of rotatable bonds is 2. The molecule has 0 unspecified atom stereocenters. The van der Waals surface area contributed by atoms with Crippen LogP contribution >= 0.6 is 0 Å². The van der Waals surface area contributed by atoms with E-state index in [1.165, 1.54) is 32.4 Å². The molecular formula is C14H19NO2. The van der Waals surface area contributed by atoms with Gasteiger partial charge < -0.3 is 15.1 Å². The maximum absolute atomic E-state index is 9.50. The Labute approximate surface area is 102 Å². The predicted molar refractivity (Wildman–Crippen MR) is 66.2 cm³/mol. The summed E-state index contributed by atoms with van der Waals surface area (Å²) in [6.07, 6.45) is 5.00. The highest BCUT2D eigenvalue weighted by Crippen LogP contribution is 2.34. The van der Waals surface area contributed by atoms with Gasteiger partial charge in [0.2, 0.25) is 0 Å². The smallest absolute Gasteiger partial charge is 0.157 e. The Hall–Kier alpha value is -1.22. The van der Waals surface area contributed by atoms with Gasteiger partial charge in [0.15, 0.2) is 11.5 Å². The van der Waals surface area contributed by atoms with E-state index in [1.54, 1.807) is 12.1 Å². The Kier molecular flexibility index (Phi) is 2.71. The minimum absolute atomic E-state index is 0.00142. The Balaban J connectivity index is 1.72. The first kappa shape index (κ1) is 10.9. The van der Waals surface area contributed by atoms with Crippen LogP contribution in [0.5, 0.6) is 11.5 Å². The lowest BCUT2D eigenvalue weighted by atomic mass is 9.81. The fraction of sp³-hybridized carbons (Fsp3) is 0.571. The van der Waals surface area contributed by atoms with Gasteiger partial charge in [-0.1, -0.05) is 6.07 Å². The number of piperidine rings is 3. The molecule has 3 saturated heterocycles. The van der Waals surface area contributed by atoms with Crippen molar-refractivity contribution in [3.8, 4) is 11.5 Å². The summed E-state index contributed by atoms with van der Waals surface area (Å²) < 4.78 is 0. The second kappa shape index (κ2) is 4.22. The van der Waals surface area contributed by atoms with Gasteiger partial charge in [0.1, 0.15) is 0 Å². The summed E-state index contributed by atoms with van der Waals surface area (Å²) in [6.45, 7) is 2.47. The SMILES string of the molecule is Oc1ccc(C[C@@H]2CC3CCN2CC3)cc1O. The summed E-state index contributed by atoms with van der Waals surface area (Å²) in [7, 11) is 0. The zero-order chi connectivity index (χ0) is 11.8. The molecule has 1 atom stereocenters. The van der Waals surface area contributed by atoms with E-state index >= 15 is 0 Å². The standard InChI is InChI=1S/C14H19NO2/c16-13-2-1-11(9-14(13)17)8-12-7-10-3-5-15(12)6-4-10/h1-2,9-10,12,16-17H,3-8H2/t12-/m0/s1. The van der Waals surface area contributed by atoms with Crippen LogP contribution in [0.2, 0.25) is 0 Å². The van der Waals surface area contributed by atoms with Crippen molar-refractivity contribution < 1.29 is 10.2 Å². The van der Waals surface area contributed by atoms with Gasteiger partial charge >= 0.3 is 0 Å². The van der Waals surface area contributed by atoms with Crippen LogP contribution in [-0.4, -0.2) is 34.2 Å². The molecule has 4 rings (SSSR count).